The van der Waals surface area contributed by atoms with E-state index < -0.39 is 6.04 Å². The van der Waals surface area contributed by atoms with Gasteiger partial charge in [-0.05, 0) is 74.8 Å². The smallest absolute Gasteiger partial charge is 0.255 e. The van der Waals surface area contributed by atoms with Crippen molar-refractivity contribution in [3.8, 4) is 5.75 Å². The molecule has 2 saturated carbocycles. The molecule has 5 rings (SSSR count). The van der Waals surface area contributed by atoms with Crippen LogP contribution in [0.15, 0.2) is 18.2 Å². The van der Waals surface area contributed by atoms with E-state index in [0.29, 0.717) is 36.6 Å². The average Bonchev–Trinajstić information content (AvgIpc) is 3.09. The van der Waals surface area contributed by atoms with Gasteiger partial charge in [-0.25, -0.2) is 0 Å². The molecular weight excluding hydrogens is 422 g/mol. The summed E-state index contributed by atoms with van der Waals surface area (Å²) < 4.78 is 11.8. The Labute approximate surface area is 194 Å². The molecule has 33 heavy (non-hydrogen) atoms. The molecule has 3 fully saturated rings. The maximum absolute atomic E-state index is 12.9. The third-order valence-electron chi connectivity index (χ3n) is 7.68. The lowest BCUT2D eigenvalue weighted by atomic mass is 9.81. The molecule has 2 aliphatic carbocycles. The van der Waals surface area contributed by atoms with Crippen LogP contribution < -0.4 is 15.4 Å². The first-order valence-electron chi connectivity index (χ1n) is 12.2. The van der Waals surface area contributed by atoms with Crippen LogP contribution in [0, 0.1) is 5.92 Å². The minimum atomic E-state index is -0.594. The predicted molar refractivity (Wildman–Crippen MR) is 121 cm³/mol. The highest BCUT2D eigenvalue weighted by molar-refractivity contribution is 6.05. The van der Waals surface area contributed by atoms with E-state index in [9.17, 15) is 14.4 Å². The lowest BCUT2D eigenvalue weighted by Gasteiger charge is -2.38. The summed E-state index contributed by atoms with van der Waals surface area (Å²) in [6.45, 7) is 1.37. The van der Waals surface area contributed by atoms with Crippen LogP contribution in [0.4, 0.5) is 0 Å². The Morgan fingerprint density at radius 2 is 1.94 bits per heavy atom. The number of piperidine rings is 1. The van der Waals surface area contributed by atoms with Gasteiger partial charge >= 0.3 is 0 Å². The van der Waals surface area contributed by atoms with Crippen molar-refractivity contribution in [2.45, 2.75) is 82.2 Å². The summed E-state index contributed by atoms with van der Waals surface area (Å²) in [5, 5.41) is 6.09. The molecule has 3 amide bonds. The Bertz CT molecular complexity index is 929. The van der Waals surface area contributed by atoms with Crippen LogP contribution in [0.5, 0.6) is 5.75 Å². The summed E-state index contributed by atoms with van der Waals surface area (Å²) in [7, 11) is 1.79. The van der Waals surface area contributed by atoms with E-state index >= 15 is 0 Å². The Hall–Kier alpha value is -2.45. The maximum atomic E-state index is 12.9. The Kier molecular flexibility index (Phi) is 6.38. The number of imide groups is 1. The lowest BCUT2D eigenvalue weighted by molar-refractivity contribution is -0.136. The zero-order valence-electron chi connectivity index (χ0n) is 19.2. The number of amides is 3. The second-order valence-corrected chi connectivity index (χ2v) is 9.87. The van der Waals surface area contributed by atoms with Crippen LogP contribution in [0.3, 0.4) is 0 Å². The minimum absolute atomic E-state index is 0.110. The van der Waals surface area contributed by atoms with Crippen molar-refractivity contribution in [3.63, 3.8) is 0 Å². The number of ether oxygens (including phenoxy) is 2. The minimum Gasteiger partial charge on any atom is -0.489 e. The fourth-order valence-corrected chi connectivity index (χ4v) is 5.62. The van der Waals surface area contributed by atoms with Crippen LogP contribution >= 0.6 is 0 Å². The molecule has 2 heterocycles. The topological polar surface area (TPSA) is 97.0 Å². The van der Waals surface area contributed by atoms with E-state index in [-0.39, 0.29) is 30.2 Å². The maximum Gasteiger partial charge on any atom is 0.255 e. The van der Waals surface area contributed by atoms with Crippen LogP contribution in [0.2, 0.25) is 0 Å². The molecular formula is C25H33N3O5. The Morgan fingerprint density at radius 3 is 2.73 bits per heavy atom. The van der Waals surface area contributed by atoms with Crippen molar-refractivity contribution < 1.29 is 23.9 Å². The van der Waals surface area contributed by atoms with Crippen molar-refractivity contribution in [3.05, 3.63) is 29.3 Å². The first-order chi connectivity index (χ1) is 16.0. The molecule has 8 nitrogen and oxygen atoms in total. The quantitative estimate of drug-likeness (QED) is 0.612. The monoisotopic (exact) mass is 455 g/mol. The predicted octanol–water partition coefficient (Wildman–Crippen LogP) is 2.15. The number of carbonyl (C=O) groups excluding carboxylic acids is 3. The molecule has 178 valence electrons. The fourth-order valence-electron chi connectivity index (χ4n) is 5.62. The summed E-state index contributed by atoms with van der Waals surface area (Å²) in [6.07, 6.45) is 7.91. The van der Waals surface area contributed by atoms with Gasteiger partial charge in [0.15, 0.2) is 0 Å². The highest BCUT2D eigenvalue weighted by Gasteiger charge is 2.39. The van der Waals surface area contributed by atoms with Gasteiger partial charge in [-0.1, -0.05) is 6.42 Å². The van der Waals surface area contributed by atoms with Gasteiger partial charge in [0.2, 0.25) is 11.8 Å². The van der Waals surface area contributed by atoms with E-state index in [1.807, 2.05) is 18.2 Å². The second-order valence-electron chi connectivity index (χ2n) is 9.87. The lowest BCUT2D eigenvalue weighted by Crippen LogP contribution is -2.52. The van der Waals surface area contributed by atoms with Gasteiger partial charge in [0.25, 0.3) is 5.91 Å². The zero-order chi connectivity index (χ0) is 22.9. The number of carbonyl (C=O) groups is 3. The first-order valence-corrected chi connectivity index (χ1v) is 12.2. The van der Waals surface area contributed by atoms with Crippen molar-refractivity contribution in [2.24, 2.45) is 5.92 Å². The van der Waals surface area contributed by atoms with Gasteiger partial charge in [0.1, 0.15) is 17.9 Å². The van der Waals surface area contributed by atoms with Crippen LogP contribution in [0.1, 0.15) is 67.3 Å². The highest BCUT2D eigenvalue weighted by Crippen LogP contribution is 2.33. The van der Waals surface area contributed by atoms with E-state index in [0.717, 1.165) is 50.0 Å². The second kappa shape index (κ2) is 9.43. The van der Waals surface area contributed by atoms with Gasteiger partial charge in [0, 0.05) is 31.7 Å². The average molecular weight is 456 g/mol. The summed E-state index contributed by atoms with van der Waals surface area (Å²) in [4.78, 5) is 38.2. The Balaban J connectivity index is 1.21. The number of rotatable bonds is 7. The Morgan fingerprint density at radius 1 is 1.12 bits per heavy atom. The standard InChI is InChI=1S/C25H33N3O5/c1-32-18-10-15(11-18)13-26-20-4-2-3-5-22(20)33-17-6-7-19-16(12-17)14-28(25(19)31)21-8-9-23(29)27-24(21)30/h6-7,12,15,18,20-22,26H,2-5,8-11,13-14H2,1H3,(H,27,29,30)/t15?,18?,20-,21?,22+/m1/s1. The molecule has 8 heteroatoms. The number of nitrogens with one attached hydrogen (secondary N) is 2. The number of methoxy groups -OCH3 is 1. The molecule has 2 N–H and O–H groups in total. The van der Waals surface area contributed by atoms with Crippen molar-refractivity contribution in [2.75, 3.05) is 13.7 Å². The largest absolute Gasteiger partial charge is 0.489 e. The number of hydrogen-bond acceptors (Lipinski definition) is 6. The zero-order valence-corrected chi connectivity index (χ0v) is 19.2. The van der Waals surface area contributed by atoms with Gasteiger partial charge < -0.3 is 19.7 Å². The summed E-state index contributed by atoms with van der Waals surface area (Å²) in [5.41, 5.74) is 1.49. The highest BCUT2D eigenvalue weighted by atomic mass is 16.5. The van der Waals surface area contributed by atoms with E-state index in [4.69, 9.17) is 9.47 Å². The van der Waals surface area contributed by atoms with Crippen molar-refractivity contribution in [1.82, 2.24) is 15.5 Å². The van der Waals surface area contributed by atoms with Gasteiger partial charge in [-0.15, -0.1) is 0 Å². The summed E-state index contributed by atoms with van der Waals surface area (Å²) >= 11 is 0. The summed E-state index contributed by atoms with van der Waals surface area (Å²) in [6, 6.07) is 5.35. The molecule has 3 atom stereocenters. The molecule has 0 aromatic heterocycles. The number of fused-ring (bicyclic) bond motifs is 1. The normalized spacial score (nSPS) is 31.7. The fraction of sp³-hybridized carbons (Fsp3) is 0.640. The van der Waals surface area contributed by atoms with Crippen LogP contribution in [0.25, 0.3) is 0 Å². The molecule has 0 radical (unpaired) electrons. The van der Waals surface area contributed by atoms with E-state index in [1.165, 1.54) is 6.42 Å². The molecule has 1 unspecified atom stereocenters. The van der Waals surface area contributed by atoms with Crippen LogP contribution in [-0.2, 0) is 20.9 Å². The van der Waals surface area contributed by atoms with Gasteiger partial charge in [0.05, 0.1) is 6.10 Å². The molecule has 0 spiro atoms. The third kappa shape index (κ3) is 4.64. The van der Waals surface area contributed by atoms with Crippen molar-refractivity contribution >= 4 is 17.7 Å². The molecule has 0 bridgehead atoms. The molecule has 1 aromatic carbocycles. The van der Waals surface area contributed by atoms with Gasteiger partial charge in [-0.3, -0.25) is 19.7 Å². The number of hydrogen-bond donors (Lipinski definition) is 2. The van der Waals surface area contributed by atoms with Crippen molar-refractivity contribution in [1.29, 1.82) is 0 Å². The van der Waals surface area contributed by atoms with Crippen LogP contribution in [-0.4, -0.2) is 60.6 Å². The first kappa shape index (κ1) is 22.3. The molecule has 1 aromatic rings. The van der Waals surface area contributed by atoms with E-state index in [1.54, 1.807) is 12.0 Å². The number of benzene rings is 1. The van der Waals surface area contributed by atoms with Gasteiger partial charge in [-0.2, -0.15) is 0 Å². The molecule has 1 saturated heterocycles. The third-order valence-corrected chi connectivity index (χ3v) is 7.68. The van der Waals surface area contributed by atoms with E-state index in [2.05, 4.69) is 10.6 Å². The molecule has 2 aliphatic heterocycles. The summed E-state index contributed by atoms with van der Waals surface area (Å²) in [5.74, 6) is 0.638. The molecule has 4 aliphatic rings. The SMILES string of the molecule is COC1CC(CN[C@@H]2CCCC[C@@H]2Oc2ccc3c(c2)CN(C2CCC(=O)NC2=O)C3=O)C1. The number of nitrogens with zero attached hydrogens (tertiary/aromatic N) is 1.